The highest BCUT2D eigenvalue weighted by Gasteiger charge is 2.09. The fraction of sp³-hybridized carbons (Fsp3) is 0.711. The maximum Gasteiger partial charge on any atom is 0.171 e. The quantitative estimate of drug-likeness (QED) is 0.0834. The Morgan fingerprint density at radius 3 is 1.23 bits per heavy atom. The summed E-state index contributed by atoms with van der Waals surface area (Å²) in [5.41, 5.74) is 4.60. The Morgan fingerprint density at radius 1 is 0.410 bits per heavy atom. The summed E-state index contributed by atoms with van der Waals surface area (Å²) in [6.45, 7) is 5.74. The van der Waals surface area contributed by atoms with E-state index in [-0.39, 0.29) is 0 Å². The van der Waals surface area contributed by atoms with Crippen LogP contribution in [-0.4, -0.2) is 0 Å². The minimum Gasteiger partial charge on any atom is -0.205 e. The zero-order valence-corrected chi connectivity index (χ0v) is 26.2. The zero-order valence-electron chi connectivity index (χ0n) is 26.2. The molecule has 2 rings (SSSR count). The van der Waals surface area contributed by atoms with Crippen molar-refractivity contribution in [1.29, 1.82) is 0 Å². The summed E-state index contributed by atoms with van der Waals surface area (Å²) < 4.78 is 2.51. The van der Waals surface area contributed by atoms with Gasteiger partial charge in [-0.2, -0.15) is 0 Å². The van der Waals surface area contributed by atoms with Crippen molar-refractivity contribution in [3.63, 3.8) is 0 Å². The van der Waals surface area contributed by atoms with Crippen LogP contribution in [0.15, 0.2) is 48.8 Å². The molecule has 0 aliphatic heterocycles. The van der Waals surface area contributed by atoms with Gasteiger partial charge >= 0.3 is 0 Å². The van der Waals surface area contributed by atoms with Gasteiger partial charge in [0.05, 0.1) is 0 Å². The van der Waals surface area contributed by atoms with Crippen LogP contribution >= 0.6 is 0 Å². The van der Waals surface area contributed by atoms with Crippen LogP contribution in [0.25, 0.3) is 0 Å². The first kappa shape index (κ1) is 33.6. The molecule has 1 heteroatoms. The Balaban J connectivity index is 1.72. The number of hydrogen-bond donors (Lipinski definition) is 0. The predicted octanol–water partition coefficient (Wildman–Crippen LogP) is 11.5. The highest BCUT2D eigenvalue weighted by Crippen LogP contribution is 2.15. The number of pyridine rings is 1. The Labute approximate surface area is 244 Å². The number of unbranched alkanes of at least 4 members (excludes halogenated alkanes) is 18. The lowest BCUT2D eigenvalue weighted by Crippen LogP contribution is -2.34. The second-order valence-corrected chi connectivity index (χ2v) is 12.2. The van der Waals surface area contributed by atoms with Gasteiger partial charge in [0.2, 0.25) is 0 Å². The van der Waals surface area contributed by atoms with E-state index in [0.29, 0.717) is 0 Å². The third-order valence-corrected chi connectivity index (χ3v) is 8.40. The van der Waals surface area contributed by atoms with E-state index in [1.54, 1.807) is 11.1 Å². The van der Waals surface area contributed by atoms with Crippen LogP contribution in [0.4, 0.5) is 0 Å². The molecule has 0 saturated carbocycles. The molecule has 1 aromatic heterocycles. The molecule has 0 saturated heterocycles. The molecule has 0 unspecified atom stereocenters. The summed E-state index contributed by atoms with van der Waals surface area (Å²) in [6, 6.07) is 13.5. The van der Waals surface area contributed by atoms with Gasteiger partial charge < -0.3 is 0 Å². The fourth-order valence-electron chi connectivity index (χ4n) is 5.92. The number of aromatic nitrogens is 1. The summed E-state index contributed by atoms with van der Waals surface area (Å²) in [5, 5.41) is 0. The zero-order chi connectivity index (χ0) is 27.6. The van der Waals surface area contributed by atoms with Crippen molar-refractivity contribution in [2.24, 2.45) is 0 Å². The molecule has 0 radical (unpaired) electrons. The maximum absolute atomic E-state index is 2.54. The van der Waals surface area contributed by atoms with Crippen LogP contribution < -0.4 is 4.57 Å². The van der Waals surface area contributed by atoms with Crippen LogP contribution in [0.1, 0.15) is 165 Å². The molecule has 0 aliphatic rings. The molecule has 1 nitrogen and oxygen atoms in total. The van der Waals surface area contributed by atoms with E-state index in [4.69, 9.17) is 0 Å². The first-order valence-electron chi connectivity index (χ1n) is 17.4. The Hall–Kier alpha value is -1.63. The van der Waals surface area contributed by atoms with E-state index in [0.717, 1.165) is 6.54 Å². The van der Waals surface area contributed by atoms with E-state index < -0.39 is 0 Å². The number of rotatable bonds is 26. The van der Waals surface area contributed by atoms with Gasteiger partial charge in [-0.3, -0.25) is 0 Å². The molecule has 0 spiro atoms. The van der Waals surface area contributed by atoms with E-state index in [1.165, 1.54) is 160 Å². The van der Waals surface area contributed by atoms with Crippen molar-refractivity contribution in [1.82, 2.24) is 0 Å². The van der Waals surface area contributed by atoms with Crippen LogP contribution in [0.5, 0.6) is 0 Å². The maximum atomic E-state index is 2.54. The lowest BCUT2D eigenvalue weighted by Gasteiger charge is -2.07. The van der Waals surface area contributed by atoms with E-state index in [2.05, 4.69) is 67.2 Å². The summed E-state index contributed by atoms with van der Waals surface area (Å²) in [5.74, 6) is 0. The SMILES string of the molecule is CCCCCCCCCCCCc1cc(CCCCCCCCCCCC)c[n+](CCCc2ccccc2)c1. The van der Waals surface area contributed by atoms with Crippen molar-refractivity contribution in [2.45, 2.75) is 174 Å². The fourth-order valence-corrected chi connectivity index (χ4v) is 5.92. The van der Waals surface area contributed by atoms with Crippen molar-refractivity contribution in [3.05, 3.63) is 65.5 Å². The lowest BCUT2D eigenvalue weighted by molar-refractivity contribution is -0.698. The van der Waals surface area contributed by atoms with Gasteiger partial charge in [-0.25, -0.2) is 4.57 Å². The number of hydrogen-bond acceptors (Lipinski definition) is 0. The van der Waals surface area contributed by atoms with Crippen molar-refractivity contribution < 1.29 is 4.57 Å². The normalized spacial score (nSPS) is 11.3. The van der Waals surface area contributed by atoms with Crippen LogP contribution in [-0.2, 0) is 25.8 Å². The van der Waals surface area contributed by atoms with Gasteiger partial charge in [-0.05, 0) is 43.7 Å². The van der Waals surface area contributed by atoms with Crippen molar-refractivity contribution >= 4 is 0 Å². The van der Waals surface area contributed by atoms with Gasteiger partial charge in [0, 0.05) is 17.5 Å². The van der Waals surface area contributed by atoms with Crippen LogP contribution in [0.3, 0.4) is 0 Å². The van der Waals surface area contributed by atoms with E-state index in [1.807, 2.05) is 0 Å². The van der Waals surface area contributed by atoms with E-state index >= 15 is 0 Å². The number of benzene rings is 1. The predicted molar refractivity (Wildman–Crippen MR) is 172 cm³/mol. The molecule has 0 N–H and O–H groups in total. The monoisotopic (exact) mass is 535 g/mol. The summed E-state index contributed by atoms with van der Waals surface area (Å²) >= 11 is 0. The number of aryl methyl sites for hydroxylation is 4. The first-order chi connectivity index (χ1) is 19.3. The second-order valence-electron chi connectivity index (χ2n) is 12.2. The summed E-state index contributed by atoms with van der Waals surface area (Å²) in [7, 11) is 0. The second kappa shape index (κ2) is 24.2. The topological polar surface area (TPSA) is 3.88 Å². The van der Waals surface area contributed by atoms with E-state index in [9.17, 15) is 0 Å². The first-order valence-corrected chi connectivity index (χ1v) is 17.4. The standard InChI is InChI=1S/C38H64N/c1-3-5-7-9-11-13-15-17-19-22-29-37-33-38(30-23-20-18-16-14-12-10-8-6-4-2)35-39(34-37)32-26-31-36-27-24-21-25-28-36/h21,24-25,27-28,33-35H,3-20,22-23,26,29-32H2,1-2H3/q+1. The van der Waals surface area contributed by atoms with Crippen molar-refractivity contribution in [2.75, 3.05) is 0 Å². The molecule has 2 aromatic rings. The average Bonchev–Trinajstić information content (AvgIpc) is 2.95. The minimum absolute atomic E-state index is 1.13. The lowest BCUT2D eigenvalue weighted by atomic mass is 10.0. The molecular formula is C38H64N+. The Kier molecular flexibility index (Phi) is 20.8. The van der Waals surface area contributed by atoms with Crippen molar-refractivity contribution in [3.8, 4) is 0 Å². The molecule has 1 heterocycles. The molecule has 0 bridgehead atoms. The third-order valence-electron chi connectivity index (χ3n) is 8.40. The van der Waals surface area contributed by atoms with Gasteiger partial charge in [-0.1, -0.05) is 160 Å². The van der Waals surface area contributed by atoms with Crippen LogP contribution in [0, 0.1) is 0 Å². The number of nitrogens with zero attached hydrogens (tertiary/aromatic N) is 1. The summed E-state index contributed by atoms with van der Waals surface area (Å²) in [4.78, 5) is 0. The Bertz CT molecular complexity index is 753. The molecule has 39 heavy (non-hydrogen) atoms. The Morgan fingerprint density at radius 2 is 0.795 bits per heavy atom. The molecule has 0 amide bonds. The molecule has 1 aromatic carbocycles. The van der Waals surface area contributed by atoms with Crippen LogP contribution in [0.2, 0.25) is 0 Å². The van der Waals surface area contributed by atoms with Gasteiger partial charge in [-0.15, -0.1) is 0 Å². The molecule has 0 aliphatic carbocycles. The third kappa shape index (κ3) is 18.4. The highest BCUT2D eigenvalue weighted by atomic mass is 14.9. The van der Waals surface area contributed by atoms with Gasteiger partial charge in [0.15, 0.2) is 12.4 Å². The molecule has 0 atom stereocenters. The average molecular weight is 535 g/mol. The minimum atomic E-state index is 1.13. The van der Waals surface area contributed by atoms with Gasteiger partial charge in [0.25, 0.3) is 0 Å². The molecular weight excluding hydrogens is 470 g/mol. The summed E-state index contributed by atoms with van der Waals surface area (Å²) in [6.07, 6.45) is 38.1. The molecule has 220 valence electrons. The molecule has 0 fully saturated rings. The highest BCUT2D eigenvalue weighted by molar-refractivity contribution is 5.16. The smallest absolute Gasteiger partial charge is 0.171 e. The van der Waals surface area contributed by atoms with Gasteiger partial charge in [0.1, 0.15) is 6.54 Å². The largest absolute Gasteiger partial charge is 0.205 e.